The van der Waals surface area contributed by atoms with Crippen molar-refractivity contribution in [2.45, 2.75) is 70.6 Å². The Kier molecular flexibility index (Phi) is 6.17. The predicted molar refractivity (Wildman–Crippen MR) is 142 cm³/mol. The van der Waals surface area contributed by atoms with Crippen molar-refractivity contribution in [3.05, 3.63) is 58.2 Å². The molecule has 2 N–H and O–H groups in total. The number of benzene rings is 1. The molecule has 1 aromatic carbocycles. The molecule has 2 aromatic rings. The summed E-state index contributed by atoms with van der Waals surface area (Å²) in [6, 6.07) is 6.29. The van der Waals surface area contributed by atoms with Crippen LogP contribution in [0.1, 0.15) is 79.2 Å². The third kappa shape index (κ3) is 3.77. The van der Waals surface area contributed by atoms with Gasteiger partial charge in [0, 0.05) is 44.4 Å². The van der Waals surface area contributed by atoms with Gasteiger partial charge in [-0.1, -0.05) is 33.4 Å². The Labute approximate surface area is 218 Å². The number of nitrogens with two attached hydrogens (primary N) is 1. The largest absolute Gasteiger partial charge is 0.398 e. The van der Waals surface area contributed by atoms with Crippen molar-refractivity contribution in [3.63, 3.8) is 0 Å². The van der Waals surface area contributed by atoms with Crippen molar-refractivity contribution in [3.8, 4) is 6.07 Å². The maximum Gasteiger partial charge on any atom is 0.297 e. The number of hydrogen-bond acceptors (Lipinski definition) is 6. The normalized spacial score (nSPS) is 22.5. The van der Waals surface area contributed by atoms with Crippen LogP contribution in [0.3, 0.4) is 0 Å². The van der Waals surface area contributed by atoms with Crippen LogP contribution in [0.5, 0.6) is 0 Å². The fourth-order valence-electron chi connectivity index (χ4n) is 6.51. The highest BCUT2D eigenvalue weighted by Gasteiger charge is 2.67. The molecule has 1 aromatic heterocycles. The molecule has 37 heavy (non-hydrogen) atoms. The second kappa shape index (κ2) is 8.97. The lowest BCUT2D eigenvalue weighted by Gasteiger charge is -2.51. The number of nitriles is 1. The van der Waals surface area contributed by atoms with E-state index in [0.29, 0.717) is 36.6 Å². The SMILES string of the molecule is C=C1N(C)CC2(CN(c3nc(CC)nc4c3CCC(c3c([C@@H](C)CC)ccc(N)c3C#N)C4)C2)C1(F)F. The number of aromatic nitrogens is 2. The van der Waals surface area contributed by atoms with E-state index in [2.05, 4.69) is 32.6 Å². The lowest BCUT2D eigenvalue weighted by molar-refractivity contribution is -0.0786. The van der Waals surface area contributed by atoms with E-state index in [4.69, 9.17) is 15.7 Å². The lowest BCUT2D eigenvalue weighted by Crippen LogP contribution is -2.65. The van der Waals surface area contributed by atoms with Crippen molar-refractivity contribution in [1.29, 1.82) is 5.26 Å². The van der Waals surface area contributed by atoms with Crippen LogP contribution in [0.25, 0.3) is 0 Å². The number of hydrogen-bond donors (Lipinski definition) is 1. The molecule has 3 heterocycles. The van der Waals surface area contributed by atoms with Crippen LogP contribution in [-0.4, -0.2) is 47.5 Å². The summed E-state index contributed by atoms with van der Waals surface area (Å²) in [7, 11) is 1.69. The van der Waals surface area contributed by atoms with Gasteiger partial charge in [-0.25, -0.2) is 9.97 Å². The van der Waals surface area contributed by atoms with Gasteiger partial charge in [-0.2, -0.15) is 14.0 Å². The molecule has 1 spiro atoms. The number of rotatable bonds is 5. The van der Waals surface area contributed by atoms with Crippen molar-refractivity contribution in [1.82, 2.24) is 14.9 Å². The van der Waals surface area contributed by atoms with Crippen molar-refractivity contribution in [2.24, 2.45) is 5.41 Å². The van der Waals surface area contributed by atoms with Crippen LogP contribution < -0.4 is 10.6 Å². The number of allylic oxidation sites excluding steroid dienone is 1. The van der Waals surface area contributed by atoms with Crippen LogP contribution in [0.4, 0.5) is 20.3 Å². The number of likely N-dealkylation sites (tertiary alicyclic amines) is 1. The number of nitrogens with zero attached hydrogens (tertiary/aromatic N) is 5. The van der Waals surface area contributed by atoms with E-state index in [1.807, 2.05) is 17.9 Å². The van der Waals surface area contributed by atoms with Gasteiger partial charge >= 0.3 is 0 Å². The minimum absolute atomic E-state index is 0.0958. The van der Waals surface area contributed by atoms with E-state index < -0.39 is 11.3 Å². The average Bonchev–Trinajstić information content (AvgIpc) is 3.05. The fraction of sp³-hybridized carbons (Fsp3) is 0.552. The summed E-state index contributed by atoms with van der Waals surface area (Å²) in [5, 5.41) is 9.99. The summed E-state index contributed by atoms with van der Waals surface area (Å²) in [4.78, 5) is 13.3. The highest BCUT2D eigenvalue weighted by molar-refractivity contribution is 5.63. The zero-order valence-corrected chi connectivity index (χ0v) is 22.2. The van der Waals surface area contributed by atoms with Crippen LogP contribution in [0, 0.1) is 16.7 Å². The van der Waals surface area contributed by atoms with Gasteiger partial charge in [0.1, 0.15) is 17.7 Å². The molecule has 2 atom stereocenters. The molecule has 3 aliphatic rings. The smallest absolute Gasteiger partial charge is 0.297 e. The van der Waals surface area contributed by atoms with E-state index in [1.54, 1.807) is 11.9 Å². The molecule has 196 valence electrons. The standard InChI is InChI=1S/C29H36F2N6/c1-6-17(3)20-10-11-23(33)22(13-32)26(20)19-8-9-21-24(12-19)34-25(7-2)35-27(21)37-15-28(16-37)14-36(5)18(4)29(28,30)31/h10-11,17,19H,4,6-9,12,14-16,33H2,1-3,5H3/t17-,19?/m0/s1. The number of halogens is 2. The zero-order chi connectivity index (χ0) is 26.7. The maximum atomic E-state index is 15.1. The number of anilines is 2. The van der Waals surface area contributed by atoms with E-state index in [0.717, 1.165) is 47.7 Å². The van der Waals surface area contributed by atoms with Gasteiger partial charge in [-0.15, -0.1) is 0 Å². The van der Waals surface area contributed by atoms with Gasteiger partial charge in [-0.05, 0) is 54.7 Å². The fourth-order valence-corrected chi connectivity index (χ4v) is 6.51. The second-order valence-electron chi connectivity index (χ2n) is 11.1. The molecule has 0 saturated carbocycles. The molecule has 1 aliphatic carbocycles. The van der Waals surface area contributed by atoms with Crippen LogP contribution >= 0.6 is 0 Å². The van der Waals surface area contributed by atoms with Gasteiger partial charge in [0.05, 0.1) is 22.4 Å². The van der Waals surface area contributed by atoms with Crippen molar-refractivity contribution < 1.29 is 8.78 Å². The molecule has 2 saturated heterocycles. The number of alkyl halides is 2. The first-order valence-electron chi connectivity index (χ1n) is 13.3. The summed E-state index contributed by atoms with van der Waals surface area (Å²) >= 11 is 0. The molecule has 5 rings (SSSR count). The van der Waals surface area contributed by atoms with Crippen LogP contribution in [0.15, 0.2) is 24.4 Å². The highest BCUT2D eigenvalue weighted by atomic mass is 19.3. The van der Waals surface area contributed by atoms with Crippen molar-refractivity contribution in [2.75, 3.05) is 37.3 Å². The van der Waals surface area contributed by atoms with Gasteiger partial charge < -0.3 is 15.5 Å². The average molecular weight is 507 g/mol. The maximum absolute atomic E-state index is 15.1. The Morgan fingerprint density at radius 2 is 1.97 bits per heavy atom. The first kappa shape index (κ1) is 25.4. The summed E-state index contributed by atoms with van der Waals surface area (Å²) in [5.74, 6) is -0.949. The molecule has 0 bridgehead atoms. The van der Waals surface area contributed by atoms with Gasteiger partial charge in [0.25, 0.3) is 5.92 Å². The van der Waals surface area contributed by atoms with E-state index in [1.165, 1.54) is 5.56 Å². The Morgan fingerprint density at radius 1 is 1.24 bits per heavy atom. The van der Waals surface area contributed by atoms with Crippen LogP contribution in [-0.2, 0) is 19.3 Å². The number of fused-ring (bicyclic) bond motifs is 1. The van der Waals surface area contributed by atoms with Gasteiger partial charge in [0.2, 0.25) is 0 Å². The lowest BCUT2D eigenvalue weighted by atomic mass is 9.74. The molecule has 2 aliphatic heterocycles. The summed E-state index contributed by atoms with van der Waals surface area (Å²) in [5.41, 5.74) is 10.4. The Balaban J connectivity index is 1.49. The van der Waals surface area contributed by atoms with Crippen LogP contribution in [0.2, 0.25) is 0 Å². The van der Waals surface area contributed by atoms with Gasteiger partial charge in [0.15, 0.2) is 0 Å². The molecule has 0 amide bonds. The molecular formula is C29H36F2N6. The quantitative estimate of drug-likeness (QED) is 0.563. The Hall–Kier alpha value is -3.21. The monoisotopic (exact) mass is 506 g/mol. The Morgan fingerprint density at radius 3 is 2.57 bits per heavy atom. The molecular weight excluding hydrogens is 470 g/mol. The summed E-state index contributed by atoms with van der Waals surface area (Å²) in [6.45, 7) is 10.8. The first-order chi connectivity index (χ1) is 17.6. The number of nitrogen functional groups attached to an aromatic ring is 1. The van der Waals surface area contributed by atoms with E-state index in [9.17, 15) is 5.26 Å². The second-order valence-corrected chi connectivity index (χ2v) is 11.1. The number of aryl methyl sites for hydroxylation is 1. The summed E-state index contributed by atoms with van der Waals surface area (Å²) < 4.78 is 30.2. The minimum atomic E-state index is -2.92. The molecule has 8 heteroatoms. The molecule has 6 nitrogen and oxygen atoms in total. The van der Waals surface area contributed by atoms with Crippen molar-refractivity contribution >= 4 is 11.5 Å². The van der Waals surface area contributed by atoms with E-state index in [-0.39, 0.29) is 24.7 Å². The minimum Gasteiger partial charge on any atom is -0.398 e. The molecule has 1 unspecified atom stereocenters. The highest BCUT2D eigenvalue weighted by Crippen LogP contribution is 2.55. The first-order valence-corrected chi connectivity index (χ1v) is 13.3. The molecule has 2 fully saturated rings. The van der Waals surface area contributed by atoms with E-state index >= 15 is 8.78 Å². The zero-order valence-electron chi connectivity index (χ0n) is 22.2. The summed E-state index contributed by atoms with van der Waals surface area (Å²) in [6.07, 6.45) is 3.91. The van der Waals surface area contributed by atoms with Gasteiger partial charge in [-0.3, -0.25) is 0 Å². The Bertz CT molecular complexity index is 1290. The third-order valence-corrected chi connectivity index (χ3v) is 8.91. The molecule has 0 radical (unpaired) electrons. The predicted octanol–water partition coefficient (Wildman–Crippen LogP) is 5.18. The topological polar surface area (TPSA) is 82.1 Å². The third-order valence-electron chi connectivity index (χ3n) is 8.91.